The van der Waals surface area contributed by atoms with Gasteiger partial charge in [-0.05, 0) is 61.8 Å². The second-order valence-corrected chi connectivity index (χ2v) is 9.43. The SMILES string of the molecule is CCOC(=O)C1=C(C)NC(=S)N[C@H]1c1ccccc1OCC(=O)NN=Cc1ccc(OCC(C)C)c(OC)c1. The van der Waals surface area contributed by atoms with E-state index < -0.39 is 17.9 Å². The number of methoxy groups -OCH3 is 1. The number of nitrogens with one attached hydrogen (secondary N) is 3. The third kappa shape index (κ3) is 8.18. The van der Waals surface area contributed by atoms with Gasteiger partial charge in [0.15, 0.2) is 23.2 Å². The molecule has 0 saturated heterocycles. The van der Waals surface area contributed by atoms with Crippen LogP contribution in [0.15, 0.2) is 58.8 Å². The molecule has 1 aliphatic rings. The average Bonchev–Trinajstić information content (AvgIpc) is 2.90. The van der Waals surface area contributed by atoms with Crippen LogP contribution in [0.25, 0.3) is 0 Å². The van der Waals surface area contributed by atoms with Crippen molar-refractivity contribution in [1.82, 2.24) is 16.1 Å². The molecular weight excluding hydrogens is 520 g/mol. The minimum absolute atomic E-state index is 0.231. The predicted molar refractivity (Wildman–Crippen MR) is 152 cm³/mol. The van der Waals surface area contributed by atoms with E-state index in [2.05, 4.69) is 35.0 Å². The van der Waals surface area contributed by atoms with Gasteiger partial charge < -0.3 is 29.6 Å². The van der Waals surface area contributed by atoms with Gasteiger partial charge in [0, 0.05) is 11.3 Å². The first-order valence-corrected chi connectivity index (χ1v) is 12.9. The lowest BCUT2D eigenvalue weighted by atomic mass is 9.95. The Kier molecular flexibility index (Phi) is 10.7. The van der Waals surface area contributed by atoms with E-state index in [9.17, 15) is 9.59 Å². The Hall–Kier alpha value is -4.12. The smallest absolute Gasteiger partial charge is 0.338 e. The summed E-state index contributed by atoms with van der Waals surface area (Å²) in [7, 11) is 1.56. The summed E-state index contributed by atoms with van der Waals surface area (Å²) >= 11 is 5.30. The number of benzene rings is 2. The van der Waals surface area contributed by atoms with Gasteiger partial charge in [0.2, 0.25) is 0 Å². The first-order chi connectivity index (χ1) is 18.7. The van der Waals surface area contributed by atoms with Crippen molar-refractivity contribution in [3.8, 4) is 17.2 Å². The van der Waals surface area contributed by atoms with Crippen molar-refractivity contribution < 1.29 is 28.5 Å². The topological polar surface area (TPSA) is 120 Å². The van der Waals surface area contributed by atoms with Gasteiger partial charge in [-0.15, -0.1) is 0 Å². The van der Waals surface area contributed by atoms with Crippen LogP contribution in [0.4, 0.5) is 0 Å². The molecule has 2 aromatic rings. The Morgan fingerprint density at radius 1 is 1.13 bits per heavy atom. The number of esters is 1. The zero-order valence-corrected chi connectivity index (χ0v) is 23.5. The molecule has 2 aromatic carbocycles. The molecule has 208 valence electrons. The molecule has 0 radical (unpaired) electrons. The van der Waals surface area contributed by atoms with Crippen LogP contribution in [-0.4, -0.2) is 50.1 Å². The number of carbonyl (C=O) groups is 2. The number of carbonyl (C=O) groups excluding carboxylic acids is 2. The molecule has 3 N–H and O–H groups in total. The summed E-state index contributed by atoms with van der Waals surface area (Å²) in [5.41, 5.74) is 4.77. The molecule has 0 aromatic heterocycles. The molecule has 39 heavy (non-hydrogen) atoms. The van der Waals surface area contributed by atoms with Gasteiger partial charge >= 0.3 is 5.97 Å². The van der Waals surface area contributed by atoms with Crippen molar-refractivity contribution in [3.05, 3.63) is 64.9 Å². The van der Waals surface area contributed by atoms with Crippen molar-refractivity contribution in [2.75, 3.05) is 26.9 Å². The summed E-state index contributed by atoms with van der Waals surface area (Å²) in [4.78, 5) is 25.1. The van der Waals surface area contributed by atoms with Gasteiger partial charge in [0.1, 0.15) is 5.75 Å². The van der Waals surface area contributed by atoms with Crippen LogP contribution in [0.1, 0.15) is 44.9 Å². The number of ether oxygens (including phenoxy) is 4. The largest absolute Gasteiger partial charge is 0.493 e. The van der Waals surface area contributed by atoms with E-state index >= 15 is 0 Å². The molecule has 11 heteroatoms. The van der Waals surface area contributed by atoms with Crippen LogP contribution >= 0.6 is 12.2 Å². The predicted octanol–water partition coefficient (Wildman–Crippen LogP) is 3.62. The third-order valence-electron chi connectivity index (χ3n) is 5.52. The summed E-state index contributed by atoms with van der Waals surface area (Å²) in [6.45, 7) is 8.13. The number of hydrazone groups is 1. The third-order valence-corrected chi connectivity index (χ3v) is 5.74. The zero-order valence-electron chi connectivity index (χ0n) is 22.7. The standard InChI is InChI=1S/C28H34N4O6S/c1-6-36-27(34)25-18(4)30-28(39)31-26(25)20-9-7-8-10-21(20)38-16-24(33)32-29-14-19-11-12-22(23(13-19)35-5)37-15-17(2)3/h7-14,17,26H,6,15-16H2,1-5H3,(H,32,33)(H2,30,31,39)/t26-/m0/s1. The number of hydrogen-bond acceptors (Lipinski definition) is 8. The van der Waals surface area contributed by atoms with E-state index in [1.54, 1.807) is 51.3 Å². The minimum Gasteiger partial charge on any atom is -0.493 e. The molecule has 0 fully saturated rings. The maximum Gasteiger partial charge on any atom is 0.338 e. The minimum atomic E-state index is -0.613. The number of rotatable bonds is 12. The van der Waals surface area contributed by atoms with Crippen LogP contribution < -0.4 is 30.3 Å². The average molecular weight is 555 g/mol. The molecule has 0 aliphatic carbocycles. The van der Waals surface area contributed by atoms with E-state index in [0.29, 0.717) is 51.7 Å². The second kappa shape index (κ2) is 14.1. The lowest BCUT2D eigenvalue weighted by molar-refractivity contribution is -0.139. The Balaban J connectivity index is 1.66. The maximum absolute atomic E-state index is 12.7. The van der Waals surface area contributed by atoms with Gasteiger partial charge in [0.05, 0.1) is 38.2 Å². The Morgan fingerprint density at radius 3 is 2.62 bits per heavy atom. The fourth-order valence-electron chi connectivity index (χ4n) is 3.75. The number of para-hydroxylation sites is 1. The van der Waals surface area contributed by atoms with Gasteiger partial charge in [-0.25, -0.2) is 10.2 Å². The van der Waals surface area contributed by atoms with Crippen molar-refractivity contribution in [2.45, 2.75) is 33.7 Å². The highest BCUT2D eigenvalue weighted by molar-refractivity contribution is 7.80. The molecule has 0 spiro atoms. The summed E-state index contributed by atoms with van der Waals surface area (Å²) < 4.78 is 22.2. The molecular formula is C28H34N4O6S. The van der Waals surface area contributed by atoms with Crippen molar-refractivity contribution in [1.29, 1.82) is 0 Å². The fraction of sp³-hybridized carbons (Fsp3) is 0.357. The van der Waals surface area contributed by atoms with Crippen LogP contribution in [0.2, 0.25) is 0 Å². The summed E-state index contributed by atoms with van der Waals surface area (Å²) in [5.74, 6) is 1.07. The van der Waals surface area contributed by atoms with E-state index in [-0.39, 0.29) is 13.2 Å². The number of hydrogen-bond donors (Lipinski definition) is 3. The van der Waals surface area contributed by atoms with Gasteiger partial charge in [-0.2, -0.15) is 5.10 Å². The molecule has 0 saturated carbocycles. The molecule has 1 atom stereocenters. The molecule has 1 heterocycles. The van der Waals surface area contributed by atoms with Gasteiger partial charge in [0.25, 0.3) is 5.91 Å². The Labute approximate surface area is 233 Å². The first-order valence-electron chi connectivity index (χ1n) is 12.5. The van der Waals surface area contributed by atoms with Crippen LogP contribution in [0, 0.1) is 5.92 Å². The fourth-order valence-corrected chi connectivity index (χ4v) is 4.02. The highest BCUT2D eigenvalue weighted by atomic mass is 32.1. The Bertz CT molecular complexity index is 1260. The summed E-state index contributed by atoms with van der Waals surface area (Å²) in [5, 5.41) is 10.4. The lowest BCUT2D eigenvalue weighted by Crippen LogP contribution is -2.45. The molecule has 10 nitrogen and oxygen atoms in total. The van der Waals surface area contributed by atoms with Crippen molar-refractivity contribution in [2.24, 2.45) is 11.0 Å². The quantitative estimate of drug-likeness (QED) is 0.156. The molecule has 1 aliphatic heterocycles. The van der Waals surface area contributed by atoms with E-state index in [1.165, 1.54) is 6.21 Å². The number of allylic oxidation sites excluding steroid dienone is 1. The normalized spacial score (nSPS) is 15.0. The van der Waals surface area contributed by atoms with Crippen LogP contribution in [0.3, 0.4) is 0 Å². The second-order valence-electron chi connectivity index (χ2n) is 9.03. The maximum atomic E-state index is 12.7. The molecule has 0 bridgehead atoms. The molecule has 1 amide bonds. The van der Waals surface area contributed by atoms with Crippen LogP contribution in [0.5, 0.6) is 17.2 Å². The molecule has 0 unspecified atom stereocenters. The van der Waals surface area contributed by atoms with Gasteiger partial charge in [-0.3, -0.25) is 4.79 Å². The van der Waals surface area contributed by atoms with Crippen molar-refractivity contribution >= 4 is 35.4 Å². The van der Waals surface area contributed by atoms with Crippen LogP contribution in [-0.2, 0) is 14.3 Å². The monoisotopic (exact) mass is 554 g/mol. The Morgan fingerprint density at radius 2 is 1.90 bits per heavy atom. The first kappa shape index (κ1) is 29.4. The van der Waals surface area contributed by atoms with E-state index in [0.717, 1.165) is 5.56 Å². The summed E-state index contributed by atoms with van der Waals surface area (Å²) in [6, 6.07) is 11.9. The van der Waals surface area contributed by atoms with E-state index in [1.807, 2.05) is 12.1 Å². The highest BCUT2D eigenvalue weighted by Crippen LogP contribution is 2.33. The number of amides is 1. The number of nitrogens with zero attached hydrogens (tertiary/aromatic N) is 1. The number of thiocarbonyl (C=S) groups is 1. The summed E-state index contributed by atoms with van der Waals surface area (Å²) in [6.07, 6.45) is 1.50. The van der Waals surface area contributed by atoms with Gasteiger partial charge in [-0.1, -0.05) is 32.0 Å². The highest BCUT2D eigenvalue weighted by Gasteiger charge is 2.32. The van der Waals surface area contributed by atoms with E-state index in [4.69, 9.17) is 31.2 Å². The lowest BCUT2D eigenvalue weighted by Gasteiger charge is -2.30. The van der Waals surface area contributed by atoms with Crippen molar-refractivity contribution in [3.63, 3.8) is 0 Å². The molecule has 3 rings (SSSR count). The zero-order chi connectivity index (χ0) is 28.4.